The number of fused-ring (bicyclic) bond motifs is 3. The number of H-pyrrole nitrogens is 1. The first-order valence-corrected chi connectivity index (χ1v) is 5.10. The van der Waals surface area contributed by atoms with Crippen LogP contribution in [0.1, 0.15) is 5.82 Å². The Bertz CT molecular complexity index is 815. The van der Waals surface area contributed by atoms with E-state index in [1.54, 1.807) is 6.92 Å². The molecule has 7 nitrogen and oxygen atoms in total. The minimum absolute atomic E-state index is 0.0183. The van der Waals surface area contributed by atoms with Crippen LogP contribution >= 0.6 is 11.5 Å². The topological polar surface area (TPSA) is 102 Å². The van der Waals surface area contributed by atoms with E-state index in [1.807, 2.05) is 0 Å². The quantitative estimate of drug-likeness (QED) is 0.597. The van der Waals surface area contributed by atoms with Gasteiger partial charge in [-0.25, -0.2) is 4.79 Å². The third-order valence-corrected chi connectivity index (χ3v) is 2.85. The Morgan fingerprint density at radius 2 is 2.19 bits per heavy atom. The molecule has 0 aliphatic rings. The Hall–Kier alpha value is -2.09. The number of aryl methyl sites for hydroxylation is 1. The van der Waals surface area contributed by atoms with Gasteiger partial charge in [-0.2, -0.15) is 4.98 Å². The van der Waals surface area contributed by atoms with Crippen molar-refractivity contribution >= 4 is 32.8 Å². The molecule has 3 aromatic heterocycles. The Balaban J connectivity index is 2.76. The molecule has 0 aliphatic heterocycles. The molecule has 80 valence electrons. The number of hydrogen-bond acceptors (Lipinski definition) is 7. The summed E-state index contributed by atoms with van der Waals surface area (Å²) in [6, 6.07) is 0. The van der Waals surface area contributed by atoms with Crippen LogP contribution in [0.5, 0.6) is 0 Å². The van der Waals surface area contributed by atoms with Gasteiger partial charge in [-0.15, -0.1) is 5.10 Å². The molecule has 16 heavy (non-hydrogen) atoms. The lowest BCUT2D eigenvalue weighted by Gasteiger charge is -1.96. The second kappa shape index (κ2) is 2.95. The van der Waals surface area contributed by atoms with Gasteiger partial charge in [0.2, 0.25) is 5.71 Å². The van der Waals surface area contributed by atoms with Crippen LogP contribution in [0.15, 0.2) is 14.0 Å². The summed E-state index contributed by atoms with van der Waals surface area (Å²) in [5.41, 5.74) is -0.908. The van der Waals surface area contributed by atoms with Gasteiger partial charge >= 0.3 is 5.63 Å². The van der Waals surface area contributed by atoms with Gasteiger partial charge in [-0.1, -0.05) is 4.49 Å². The molecular weight excluding hydrogens is 232 g/mol. The predicted molar refractivity (Wildman–Crippen MR) is 56.6 cm³/mol. The highest BCUT2D eigenvalue weighted by Crippen LogP contribution is 2.19. The number of rotatable bonds is 0. The summed E-state index contributed by atoms with van der Waals surface area (Å²) in [5.74, 6) is 0.387. The van der Waals surface area contributed by atoms with Crippen molar-refractivity contribution in [1.82, 2.24) is 19.6 Å². The van der Waals surface area contributed by atoms with Crippen LogP contribution in [-0.4, -0.2) is 19.6 Å². The van der Waals surface area contributed by atoms with Crippen molar-refractivity contribution in [3.05, 3.63) is 26.6 Å². The van der Waals surface area contributed by atoms with Crippen LogP contribution in [-0.2, 0) is 0 Å². The molecule has 0 aliphatic carbocycles. The summed E-state index contributed by atoms with van der Waals surface area (Å²) in [4.78, 5) is 29.7. The Labute approximate surface area is 90.9 Å². The van der Waals surface area contributed by atoms with E-state index >= 15 is 0 Å². The van der Waals surface area contributed by atoms with Crippen LogP contribution < -0.4 is 11.2 Å². The second-order valence-corrected chi connectivity index (χ2v) is 3.93. The van der Waals surface area contributed by atoms with Crippen molar-refractivity contribution in [1.29, 1.82) is 0 Å². The third kappa shape index (κ3) is 1.10. The first kappa shape index (κ1) is 9.16. The van der Waals surface area contributed by atoms with Crippen molar-refractivity contribution in [3.8, 4) is 0 Å². The summed E-state index contributed by atoms with van der Waals surface area (Å²) in [7, 11) is 0. The van der Waals surface area contributed by atoms with Crippen molar-refractivity contribution in [2.75, 3.05) is 0 Å². The third-order valence-electron chi connectivity index (χ3n) is 2.10. The van der Waals surface area contributed by atoms with Gasteiger partial charge in [0.1, 0.15) is 15.9 Å². The fourth-order valence-corrected chi connectivity index (χ4v) is 2.14. The van der Waals surface area contributed by atoms with Crippen molar-refractivity contribution in [2.45, 2.75) is 6.92 Å². The summed E-state index contributed by atoms with van der Waals surface area (Å²) < 4.78 is 8.94. The summed E-state index contributed by atoms with van der Waals surface area (Å²) in [6.07, 6.45) is 0. The molecule has 3 rings (SSSR count). The fraction of sp³-hybridized carbons (Fsp3) is 0.125. The van der Waals surface area contributed by atoms with E-state index < -0.39 is 5.63 Å². The zero-order valence-electron chi connectivity index (χ0n) is 7.97. The first-order chi connectivity index (χ1) is 7.66. The van der Waals surface area contributed by atoms with Gasteiger partial charge in [-0.3, -0.25) is 4.79 Å². The predicted octanol–water partition coefficient (Wildman–Crippen LogP) is 0.189. The van der Waals surface area contributed by atoms with Crippen molar-refractivity contribution in [2.24, 2.45) is 0 Å². The smallest absolute Gasteiger partial charge is 0.367 e. The SMILES string of the molecule is Cc1nc2oc(=O)c3nnsc3c2c(=O)[nH]1. The molecule has 1 N–H and O–H groups in total. The van der Waals surface area contributed by atoms with Crippen LogP contribution in [0, 0.1) is 6.92 Å². The molecule has 0 amide bonds. The minimum Gasteiger partial charge on any atom is -0.402 e. The van der Waals surface area contributed by atoms with Crippen molar-refractivity contribution < 1.29 is 4.42 Å². The van der Waals surface area contributed by atoms with E-state index in [2.05, 4.69) is 19.6 Å². The van der Waals surface area contributed by atoms with E-state index in [0.717, 1.165) is 11.5 Å². The molecule has 0 unspecified atom stereocenters. The number of aromatic nitrogens is 4. The van der Waals surface area contributed by atoms with Gasteiger partial charge in [0, 0.05) is 0 Å². The summed E-state index contributed by atoms with van der Waals surface area (Å²) in [5, 5.41) is 3.83. The second-order valence-electron chi connectivity index (χ2n) is 3.17. The molecule has 0 radical (unpaired) electrons. The highest BCUT2D eigenvalue weighted by Gasteiger charge is 2.15. The van der Waals surface area contributed by atoms with E-state index in [-0.39, 0.29) is 22.2 Å². The zero-order chi connectivity index (χ0) is 11.3. The van der Waals surface area contributed by atoms with Crippen molar-refractivity contribution in [3.63, 3.8) is 0 Å². The molecule has 0 bridgehead atoms. The minimum atomic E-state index is -0.631. The maximum absolute atomic E-state index is 11.7. The van der Waals surface area contributed by atoms with Crippen LogP contribution in [0.3, 0.4) is 0 Å². The van der Waals surface area contributed by atoms with Gasteiger partial charge in [0.15, 0.2) is 5.52 Å². The molecule has 0 spiro atoms. The van der Waals surface area contributed by atoms with Crippen LogP contribution in [0.4, 0.5) is 0 Å². The van der Waals surface area contributed by atoms with Gasteiger partial charge in [0.05, 0.1) is 0 Å². The lowest BCUT2D eigenvalue weighted by atomic mass is 10.3. The lowest BCUT2D eigenvalue weighted by Crippen LogP contribution is -2.12. The molecule has 8 heteroatoms. The Kier molecular flexibility index (Phi) is 1.69. The standard InChI is InChI=1S/C8H4N4O3S/c1-2-9-6(13)3-5-4(11-12-16-5)8(14)15-7(3)10-2/h1H3,(H,9,10,13). The molecule has 0 fully saturated rings. The highest BCUT2D eigenvalue weighted by molar-refractivity contribution is 7.14. The number of hydrogen-bond donors (Lipinski definition) is 1. The van der Waals surface area contributed by atoms with Gasteiger partial charge in [0.25, 0.3) is 5.56 Å². The average Bonchev–Trinajstić information content (AvgIpc) is 2.65. The van der Waals surface area contributed by atoms with E-state index in [1.165, 1.54) is 0 Å². The van der Waals surface area contributed by atoms with Crippen LogP contribution in [0.25, 0.3) is 21.3 Å². The Morgan fingerprint density at radius 1 is 1.38 bits per heavy atom. The van der Waals surface area contributed by atoms with Gasteiger partial charge < -0.3 is 9.40 Å². The maximum atomic E-state index is 11.7. The average molecular weight is 236 g/mol. The van der Waals surface area contributed by atoms with Crippen LogP contribution in [0.2, 0.25) is 0 Å². The van der Waals surface area contributed by atoms with E-state index in [0.29, 0.717) is 10.5 Å². The molecule has 0 saturated heterocycles. The monoisotopic (exact) mass is 236 g/mol. The lowest BCUT2D eigenvalue weighted by molar-refractivity contribution is 0.553. The number of aromatic amines is 1. The number of nitrogens with one attached hydrogen (secondary N) is 1. The molecule has 0 aromatic carbocycles. The normalized spacial score (nSPS) is 11.3. The molecule has 0 saturated carbocycles. The summed E-state index contributed by atoms with van der Waals surface area (Å²) in [6.45, 7) is 1.61. The first-order valence-electron chi connectivity index (χ1n) is 4.32. The largest absolute Gasteiger partial charge is 0.402 e. The molecule has 3 aromatic rings. The molecule has 3 heterocycles. The number of nitrogens with zero attached hydrogens (tertiary/aromatic N) is 3. The highest BCUT2D eigenvalue weighted by atomic mass is 32.1. The molecular formula is C8H4N4O3S. The van der Waals surface area contributed by atoms with Gasteiger partial charge in [-0.05, 0) is 18.5 Å². The zero-order valence-corrected chi connectivity index (χ0v) is 8.79. The van der Waals surface area contributed by atoms with E-state index in [4.69, 9.17) is 4.42 Å². The fourth-order valence-electron chi connectivity index (χ4n) is 1.46. The Morgan fingerprint density at radius 3 is 3.00 bits per heavy atom. The summed E-state index contributed by atoms with van der Waals surface area (Å²) >= 11 is 0.970. The molecule has 0 atom stereocenters. The van der Waals surface area contributed by atoms with E-state index in [9.17, 15) is 9.59 Å². The maximum Gasteiger partial charge on any atom is 0.367 e.